The lowest BCUT2D eigenvalue weighted by Gasteiger charge is -2.36. The van der Waals surface area contributed by atoms with Gasteiger partial charge in [-0.1, -0.05) is 12.1 Å². The van der Waals surface area contributed by atoms with Gasteiger partial charge in [0.1, 0.15) is 17.4 Å². The number of nitrogens with two attached hydrogens (primary N) is 1. The number of ether oxygens (including phenoxy) is 1. The van der Waals surface area contributed by atoms with Gasteiger partial charge in [-0.25, -0.2) is 0 Å². The van der Waals surface area contributed by atoms with Gasteiger partial charge in [-0.05, 0) is 19.1 Å². The predicted octanol–water partition coefficient (Wildman–Crippen LogP) is 1.14. The van der Waals surface area contributed by atoms with Crippen molar-refractivity contribution >= 4 is 11.5 Å². The maximum absolute atomic E-state index is 12.1. The normalized spacial score (nSPS) is 16.5. The quantitative estimate of drug-likeness (QED) is 0.648. The van der Waals surface area contributed by atoms with Gasteiger partial charge >= 0.3 is 0 Å². The van der Waals surface area contributed by atoms with Crippen molar-refractivity contribution in [3.8, 4) is 11.8 Å². The molecule has 2 N–H and O–H groups in total. The number of hydrogen-bond donors (Lipinski definition) is 1. The molecule has 0 unspecified atom stereocenters. The summed E-state index contributed by atoms with van der Waals surface area (Å²) in [4.78, 5) is 16.4. The van der Waals surface area contributed by atoms with E-state index in [4.69, 9.17) is 15.7 Å². The first-order chi connectivity index (χ1) is 11.1. The fourth-order valence-electron chi connectivity index (χ4n) is 2.69. The summed E-state index contributed by atoms with van der Waals surface area (Å²) in [6, 6.07) is 9.81. The molecule has 23 heavy (non-hydrogen) atoms. The summed E-state index contributed by atoms with van der Waals surface area (Å²) in [7, 11) is 1.67. The van der Waals surface area contributed by atoms with Crippen LogP contribution < -0.4 is 15.4 Å². The second kappa shape index (κ2) is 7.65. The first-order valence-corrected chi connectivity index (χ1v) is 7.56. The van der Waals surface area contributed by atoms with E-state index in [1.54, 1.807) is 14.0 Å². The molecule has 1 aromatic rings. The number of carbonyl (C=O) groups is 1. The lowest BCUT2D eigenvalue weighted by Crippen LogP contribution is -2.48. The first-order valence-electron chi connectivity index (χ1n) is 7.56. The van der Waals surface area contributed by atoms with Gasteiger partial charge in [0.25, 0.3) is 0 Å². The molecule has 1 aliphatic rings. The third-order valence-corrected chi connectivity index (χ3v) is 3.95. The van der Waals surface area contributed by atoms with Crippen LogP contribution in [0.5, 0.6) is 5.75 Å². The number of Topliss-reactive ketones (excluding diaryl/α,β-unsaturated/α-hetero) is 1. The summed E-state index contributed by atoms with van der Waals surface area (Å²) in [6.07, 6.45) is 0. The number of nitriles is 1. The van der Waals surface area contributed by atoms with Crippen molar-refractivity contribution in [1.82, 2.24) is 4.90 Å². The molecule has 1 aromatic carbocycles. The number of piperazine rings is 1. The average Bonchev–Trinajstić information content (AvgIpc) is 2.56. The molecule has 0 bridgehead atoms. The molecule has 0 aliphatic carbocycles. The second-order valence-electron chi connectivity index (χ2n) is 5.53. The first kappa shape index (κ1) is 16.8. The zero-order valence-electron chi connectivity index (χ0n) is 13.6. The van der Waals surface area contributed by atoms with Crippen LogP contribution in [0.2, 0.25) is 0 Å². The highest BCUT2D eigenvalue weighted by atomic mass is 16.5. The van der Waals surface area contributed by atoms with E-state index in [1.165, 1.54) is 0 Å². The number of rotatable bonds is 5. The van der Waals surface area contributed by atoms with E-state index in [-0.39, 0.29) is 23.6 Å². The lowest BCUT2D eigenvalue weighted by molar-refractivity contribution is -0.116. The Labute approximate surface area is 136 Å². The summed E-state index contributed by atoms with van der Waals surface area (Å²) in [5.74, 6) is 0.642. The van der Waals surface area contributed by atoms with Gasteiger partial charge in [0.2, 0.25) is 0 Å². The van der Waals surface area contributed by atoms with Crippen LogP contribution in [0, 0.1) is 11.3 Å². The van der Waals surface area contributed by atoms with Crippen LogP contribution in [-0.4, -0.2) is 50.5 Å². The van der Waals surface area contributed by atoms with Gasteiger partial charge < -0.3 is 15.4 Å². The van der Waals surface area contributed by atoms with Gasteiger partial charge in [-0.2, -0.15) is 5.26 Å². The number of methoxy groups -OCH3 is 1. The monoisotopic (exact) mass is 314 g/mol. The molecular weight excluding hydrogens is 292 g/mol. The van der Waals surface area contributed by atoms with Crippen LogP contribution in [0.25, 0.3) is 0 Å². The molecule has 1 fully saturated rings. The van der Waals surface area contributed by atoms with Crippen LogP contribution in [0.1, 0.15) is 6.92 Å². The Hall–Kier alpha value is -2.52. The molecule has 1 saturated heterocycles. The molecule has 6 nitrogen and oxygen atoms in total. The number of ketones is 1. The highest BCUT2D eigenvalue weighted by Gasteiger charge is 2.22. The van der Waals surface area contributed by atoms with E-state index in [0.717, 1.165) is 37.6 Å². The van der Waals surface area contributed by atoms with Crippen molar-refractivity contribution < 1.29 is 9.53 Å². The number of carbonyl (C=O) groups excluding carboxylic acids is 1. The topological polar surface area (TPSA) is 82.6 Å². The van der Waals surface area contributed by atoms with E-state index in [1.807, 2.05) is 30.3 Å². The third kappa shape index (κ3) is 4.02. The molecule has 6 heteroatoms. The molecule has 0 radical (unpaired) electrons. The zero-order chi connectivity index (χ0) is 16.8. The highest BCUT2D eigenvalue weighted by molar-refractivity contribution is 6.01. The van der Waals surface area contributed by atoms with Crippen LogP contribution in [0.15, 0.2) is 35.5 Å². The molecule has 122 valence electrons. The minimum Gasteiger partial charge on any atom is -0.495 e. The Balaban J connectivity index is 1.96. The molecule has 0 spiro atoms. The molecule has 1 aliphatic heterocycles. The number of para-hydroxylation sites is 2. The Kier molecular flexibility index (Phi) is 5.61. The fraction of sp³-hybridized carbons (Fsp3) is 0.412. The molecule has 0 atom stereocenters. The third-order valence-electron chi connectivity index (χ3n) is 3.95. The van der Waals surface area contributed by atoms with Gasteiger partial charge in [0.05, 0.1) is 19.3 Å². The zero-order valence-corrected chi connectivity index (χ0v) is 13.6. The Morgan fingerprint density at radius 3 is 2.52 bits per heavy atom. The van der Waals surface area contributed by atoms with E-state index in [0.29, 0.717) is 0 Å². The van der Waals surface area contributed by atoms with Gasteiger partial charge in [0, 0.05) is 31.9 Å². The van der Waals surface area contributed by atoms with Gasteiger partial charge in [0.15, 0.2) is 5.78 Å². The second-order valence-corrected chi connectivity index (χ2v) is 5.53. The van der Waals surface area contributed by atoms with Crippen molar-refractivity contribution in [1.29, 1.82) is 5.26 Å². The largest absolute Gasteiger partial charge is 0.495 e. The summed E-state index contributed by atoms with van der Waals surface area (Å²) in [5, 5.41) is 9.00. The molecule has 2 rings (SSSR count). The average molecular weight is 314 g/mol. The molecule has 1 heterocycles. The van der Waals surface area contributed by atoms with E-state index in [2.05, 4.69) is 9.80 Å². The van der Waals surface area contributed by atoms with Crippen molar-refractivity contribution in [2.24, 2.45) is 5.73 Å². The predicted molar refractivity (Wildman–Crippen MR) is 89.2 cm³/mol. The van der Waals surface area contributed by atoms with Crippen molar-refractivity contribution in [3.05, 3.63) is 35.5 Å². The maximum Gasteiger partial charge on any atom is 0.189 e. The number of nitrogens with zero attached hydrogens (tertiary/aromatic N) is 3. The minimum absolute atomic E-state index is 0.0668. The number of allylic oxidation sites excluding steroid dienone is 1. The summed E-state index contributed by atoms with van der Waals surface area (Å²) in [5.41, 5.74) is 6.99. The van der Waals surface area contributed by atoms with Crippen LogP contribution in [-0.2, 0) is 4.79 Å². The highest BCUT2D eigenvalue weighted by Crippen LogP contribution is 2.28. The number of anilines is 1. The van der Waals surface area contributed by atoms with Crippen LogP contribution in [0.4, 0.5) is 5.69 Å². The number of hydrogen-bond acceptors (Lipinski definition) is 6. The van der Waals surface area contributed by atoms with Gasteiger partial charge in [-0.3, -0.25) is 9.69 Å². The van der Waals surface area contributed by atoms with E-state index in [9.17, 15) is 4.79 Å². The Bertz CT molecular complexity index is 636. The standard InChI is InChI=1S/C17H22N4O2/c1-13(19)14(11-18)16(22)12-20-7-9-21(10-8-20)15-5-3-4-6-17(15)23-2/h3-6H,7-10,12,19H2,1-2H3/b14-13+. The van der Waals surface area contributed by atoms with E-state index >= 15 is 0 Å². The van der Waals surface area contributed by atoms with E-state index < -0.39 is 0 Å². The smallest absolute Gasteiger partial charge is 0.189 e. The Morgan fingerprint density at radius 2 is 1.96 bits per heavy atom. The van der Waals surface area contributed by atoms with Crippen LogP contribution >= 0.6 is 0 Å². The van der Waals surface area contributed by atoms with Gasteiger partial charge in [-0.15, -0.1) is 0 Å². The van der Waals surface area contributed by atoms with Crippen molar-refractivity contribution in [2.75, 3.05) is 44.7 Å². The molecule has 0 saturated carbocycles. The minimum atomic E-state index is -0.210. The maximum atomic E-state index is 12.1. The fourth-order valence-corrected chi connectivity index (χ4v) is 2.69. The molecular formula is C17H22N4O2. The lowest BCUT2D eigenvalue weighted by atomic mass is 10.1. The summed E-state index contributed by atoms with van der Waals surface area (Å²) >= 11 is 0. The summed E-state index contributed by atoms with van der Waals surface area (Å²) < 4.78 is 5.40. The van der Waals surface area contributed by atoms with Crippen molar-refractivity contribution in [2.45, 2.75) is 6.92 Å². The SMILES string of the molecule is COc1ccccc1N1CCN(CC(=O)/C(C#N)=C(\C)N)CC1. The van der Waals surface area contributed by atoms with Crippen LogP contribution in [0.3, 0.4) is 0 Å². The number of benzene rings is 1. The molecule has 0 amide bonds. The Morgan fingerprint density at radius 1 is 1.30 bits per heavy atom. The summed E-state index contributed by atoms with van der Waals surface area (Å²) in [6.45, 7) is 4.94. The van der Waals surface area contributed by atoms with Crippen molar-refractivity contribution in [3.63, 3.8) is 0 Å². The molecule has 0 aromatic heterocycles.